The summed E-state index contributed by atoms with van der Waals surface area (Å²) in [5.41, 5.74) is 0.0385. The lowest BCUT2D eigenvalue weighted by atomic mass is 9.88. The van der Waals surface area contributed by atoms with E-state index in [1.54, 1.807) is 0 Å². The van der Waals surface area contributed by atoms with E-state index in [9.17, 15) is 9.59 Å². The molecule has 2 heteroatoms. The van der Waals surface area contributed by atoms with Crippen molar-refractivity contribution < 1.29 is 9.59 Å². The maximum atomic E-state index is 11.6. The minimum atomic E-state index is 0.0385. The number of carbonyl (C=O) groups is 2. The topological polar surface area (TPSA) is 34.1 Å². The molecule has 0 spiro atoms. The van der Waals surface area contributed by atoms with Gasteiger partial charge in [0.2, 0.25) is 0 Å². The largest absolute Gasteiger partial charge is 0.300 e. The summed E-state index contributed by atoms with van der Waals surface area (Å²) < 4.78 is 0. The van der Waals surface area contributed by atoms with Gasteiger partial charge in [-0.3, -0.25) is 9.59 Å². The molecule has 0 saturated heterocycles. The smallest absolute Gasteiger partial charge is 0.133 e. The van der Waals surface area contributed by atoms with Crippen LogP contribution < -0.4 is 0 Å². The van der Waals surface area contributed by atoms with Crippen LogP contribution in [0, 0.1) is 11.3 Å². The summed E-state index contributed by atoms with van der Waals surface area (Å²) in [7, 11) is 0. The van der Waals surface area contributed by atoms with Gasteiger partial charge in [-0.05, 0) is 11.3 Å². The Balaban J connectivity index is 3.80. The predicted molar refractivity (Wildman–Crippen MR) is 67.4 cm³/mol. The Labute approximate surface area is 99.8 Å². The van der Waals surface area contributed by atoms with E-state index >= 15 is 0 Å². The van der Waals surface area contributed by atoms with Crippen LogP contribution in [0.15, 0.2) is 0 Å². The van der Waals surface area contributed by atoms with Crippen LogP contribution in [0.2, 0.25) is 0 Å². The first-order valence-corrected chi connectivity index (χ1v) is 6.28. The SMILES string of the molecule is CC[C@H](C)CC(=O)CCC(=O)CC(C)(C)C. The molecule has 2 nitrogen and oxygen atoms in total. The van der Waals surface area contributed by atoms with Crippen molar-refractivity contribution in [2.45, 2.75) is 66.7 Å². The van der Waals surface area contributed by atoms with E-state index in [-0.39, 0.29) is 17.0 Å². The first-order chi connectivity index (χ1) is 7.24. The van der Waals surface area contributed by atoms with Crippen molar-refractivity contribution in [2.75, 3.05) is 0 Å². The zero-order chi connectivity index (χ0) is 12.8. The van der Waals surface area contributed by atoms with Crippen LogP contribution in [0.4, 0.5) is 0 Å². The Morgan fingerprint density at radius 2 is 1.56 bits per heavy atom. The fraction of sp³-hybridized carbons (Fsp3) is 0.857. The molecule has 94 valence electrons. The van der Waals surface area contributed by atoms with E-state index in [1.807, 2.05) is 20.8 Å². The van der Waals surface area contributed by atoms with Gasteiger partial charge in [-0.25, -0.2) is 0 Å². The highest BCUT2D eigenvalue weighted by Gasteiger charge is 2.17. The third-order valence-corrected chi connectivity index (χ3v) is 2.68. The average molecular weight is 226 g/mol. The minimum absolute atomic E-state index is 0.0385. The van der Waals surface area contributed by atoms with Crippen LogP contribution in [0.1, 0.15) is 66.7 Å². The van der Waals surface area contributed by atoms with E-state index in [2.05, 4.69) is 13.8 Å². The zero-order valence-corrected chi connectivity index (χ0v) is 11.4. The molecule has 0 aliphatic heterocycles. The molecule has 0 bridgehead atoms. The van der Waals surface area contributed by atoms with Crippen molar-refractivity contribution in [1.29, 1.82) is 0 Å². The highest BCUT2D eigenvalue weighted by molar-refractivity contribution is 5.86. The molecule has 0 saturated carbocycles. The number of Topliss-reactive ketones (excluding diaryl/α,β-unsaturated/α-hetero) is 2. The minimum Gasteiger partial charge on any atom is -0.300 e. The average Bonchev–Trinajstić information content (AvgIpc) is 2.12. The van der Waals surface area contributed by atoms with E-state index in [0.717, 1.165) is 6.42 Å². The van der Waals surface area contributed by atoms with Gasteiger partial charge in [0.25, 0.3) is 0 Å². The van der Waals surface area contributed by atoms with E-state index in [1.165, 1.54) is 0 Å². The van der Waals surface area contributed by atoms with Crippen LogP contribution >= 0.6 is 0 Å². The molecular formula is C14H26O2. The number of hydrogen-bond donors (Lipinski definition) is 0. The molecule has 0 heterocycles. The van der Waals surface area contributed by atoms with Crippen LogP contribution in [0.3, 0.4) is 0 Å². The Hall–Kier alpha value is -0.660. The van der Waals surface area contributed by atoms with Gasteiger partial charge in [0.15, 0.2) is 0 Å². The summed E-state index contributed by atoms with van der Waals surface area (Å²) in [6, 6.07) is 0. The number of ketones is 2. The van der Waals surface area contributed by atoms with Gasteiger partial charge in [0.1, 0.15) is 11.6 Å². The zero-order valence-electron chi connectivity index (χ0n) is 11.4. The van der Waals surface area contributed by atoms with Gasteiger partial charge < -0.3 is 0 Å². The monoisotopic (exact) mass is 226 g/mol. The fourth-order valence-corrected chi connectivity index (χ4v) is 1.59. The first-order valence-electron chi connectivity index (χ1n) is 6.28. The molecule has 0 N–H and O–H groups in total. The highest BCUT2D eigenvalue weighted by Crippen LogP contribution is 2.20. The second kappa shape index (κ2) is 6.82. The van der Waals surface area contributed by atoms with Crippen molar-refractivity contribution in [1.82, 2.24) is 0 Å². The molecule has 0 unspecified atom stereocenters. The van der Waals surface area contributed by atoms with Crippen LogP contribution in [0.5, 0.6) is 0 Å². The van der Waals surface area contributed by atoms with Crippen molar-refractivity contribution in [3.63, 3.8) is 0 Å². The maximum Gasteiger partial charge on any atom is 0.133 e. The van der Waals surface area contributed by atoms with Crippen LogP contribution in [0.25, 0.3) is 0 Å². The van der Waals surface area contributed by atoms with Gasteiger partial charge in [0, 0.05) is 25.7 Å². The number of hydrogen-bond acceptors (Lipinski definition) is 2. The Bertz CT molecular complexity index is 236. The third kappa shape index (κ3) is 8.63. The standard InChI is InChI=1S/C14H26O2/c1-6-11(2)9-12(15)7-8-13(16)10-14(3,4)5/h11H,6-10H2,1-5H3/t11-/m0/s1. The molecule has 0 rings (SSSR count). The van der Waals surface area contributed by atoms with Gasteiger partial charge in [-0.1, -0.05) is 41.0 Å². The van der Waals surface area contributed by atoms with Crippen LogP contribution in [-0.2, 0) is 9.59 Å². The summed E-state index contributed by atoms with van der Waals surface area (Å²) in [6.07, 6.45) is 3.08. The number of rotatable bonds is 7. The van der Waals surface area contributed by atoms with Crippen molar-refractivity contribution in [3.8, 4) is 0 Å². The highest BCUT2D eigenvalue weighted by atomic mass is 16.1. The van der Waals surface area contributed by atoms with Crippen molar-refractivity contribution in [3.05, 3.63) is 0 Å². The second-order valence-corrected chi connectivity index (χ2v) is 6.03. The first kappa shape index (κ1) is 15.3. The van der Waals surface area contributed by atoms with E-state index in [0.29, 0.717) is 31.6 Å². The van der Waals surface area contributed by atoms with E-state index < -0.39 is 0 Å². The van der Waals surface area contributed by atoms with Gasteiger partial charge in [-0.15, -0.1) is 0 Å². The second-order valence-electron chi connectivity index (χ2n) is 6.03. The lowest BCUT2D eigenvalue weighted by Crippen LogP contribution is -2.14. The summed E-state index contributed by atoms with van der Waals surface area (Å²) in [5, 5.41) is 0. The molecule has 16 heavy (non-hydrogen) atoms. The number of carbonyl (C=O) groups excluding carboxylic acids is 2. The summed E-state index contributed by atoms with van der Waals surface area (Å²) in [6.45, 7) is 10.3. The molecular weight excluding hydrogens is 200 g/mol. The molecule has 0 aromatic rings. The van der Waals surface area contributed by atoms with Gasteiger partial charge in [0.05, 0.1) is 0 Å². The molecule has 0 aromatic heterocycles. The van der Waals surface area contributed by atoms with Gasteiger partial charge in [-0.2, -0.15) is 0 Å². The third-order valence-electron chi connectivity index (χ3n) is 2.68. The summed E-state index contributed by atoms with van der Waals surface area (Å²) in [5.74, 6) is 0.895. The van der Waals surface area contributed by atoms with Crippen molar-refractivity contribution >= 4 is 11.6 Å². The molecule has 0 fully saturated rings. The summed E-state index contributed by atoms with van der Waals surface area (Å²) >= 11 is 0. The quantitative estimate of drug-likeness (QED) is 0.662. The molecule has 0 aliphatic carbocycles. The lowest BCUT2D eigenvalue weighted by Gasteiger charge is -2.16. The predicted octanol–water partition coefficient (Wildman–Crippen LogP) is 3.78. The Morgan fingerprint density at radius 1 is 1.06 bits per heavy atom. The Morgan fingerprint density at radius 3 is 2.00 bits per heavy atom. The molecule has 1 atom stereocenters. The lowest BCUT2D eigenvalue weighted by molar-refractivity contribution is -0.125. The molecule has 0 amide bonds. The van der Waals surface area contributed by atoms with E-state index in [4.69, 9.17) is 0 Å². The molecule has 0 aliphatic rings. The molecule has 0 aromatic carbocycles. The van der Waals surface area contributed by atoms with Gasteiger partial charge >= 0.3 is 0 Å². The van der Waals surface area contributed by atoms with Crippen LogP contribution in [-0.4, -0.2) is 11.6 Å². The van der Waals surface area contributed by atoms with Crippen molar-refractivity contribution in [2.24, 2.45) is 11.3 Å². The normalized spacial score (nSPS) is 13.6. The maximum absolute atomic E-state index is 11.6. The Kier molecular flexibility index (Phi) is 6.54. The summed E-state index contributed by atoms with van der Waals surface area (Å²) in [4.78, 5) is 23.1. The fourth-order valence-electron chi connectivity index (χ4n) is 1.59. The molecule has 0 radical (unpaired) electrons.